The smallest absolute Gasteiger partial charge is 0.349 e. The third-order valence-electron chi connectivity index (χ3n) is 1.73. The Labute approximate surface area is 96.8 Å². The molecule has 0 saturated carbocycles. The summed E-state index contributed by atoms with van der Waals surface area (Å²) >= 11 is 0. The fourth-order valence-electron chi connectivity index (χ4n) is 0.987. The lowest BCUT2D eigenvalue weighted by Gasteiger charge is -2.04. The highest BCUT2D eigenvalue weighted by Crippen LogP contribution is 2.12. The molecule has 0 aliphatic carbocycles. The lowest BCUT2D eigenvalue weighted by molar-refractivity contribution is -0.152. The minimum Gasteiger partial charge on any atom is -0.478 e. The standard InChI is InChI=1S/C11H10O6/c1-7(12)16-6-10(13)17-9-4-2-8(3-5-9)11(14)15/h2-5H,6H2,1H3,(H,14,15). The molecule has 0 bridgehead atoms. The van der Waals surface area contributed by atoms with Crippen LogP contribution in [0.15, 0.2) is 24.3 Å². The summed E-state index contributed by atoms with van der Waals surface area (Å²) in [5.41, 5.74) is 0.0878. The van der Waals surface area contributed by atoms with Gasteiger partial charge in [0.25, 0.3) is 0 Å². The largest absolute Gasteiger partial charge is 0.478 e. The molecule has 0 radical (unpaired) electrons. The van der Waals surface area contributed by atoms with E-state index in [2.05, 4.69) is 4.74 Å². The molecule has 0 aliphatic rings. The van der Waals surface area contributed by atoms with Crippen molar-refractivity contribution in [1.82, 2.24) is 0 Å². The van der Waals surface area contributed by atoms with E-state index < -0.39 is 24.5 Å². The van der Waals surface area contributed by atoms with Crippen molar-refractivity contribution in [3.05, 3.63) is 29.8 Å². The van der Waals surface area contributed by atoms with Crippen molar-refractivity contribution in [2.24, 2.45) is 0 Å². The number of carbonyl (C=O) groups excluding carboxylic acids is 2. The maximum Gasteiger partial charge on any atom is 0.349 e. The maximum absolute atomic E-state index is 11.1. The Kier molecular flexibility index (Phi) is 4.21. The summed E-state index contributed by atoms with van der Waals surface area (Å²) in [5.74, 6) is -2.19. The number of carboxylic acids is 1. The minimum absolute atomic E-state index is 0.0878. The molecular formula is C11H10O6. The first kappa shape index (κ1) is 12.7. The zero-order valence-corrected chi connectivity index (χ0v) is 9.00. The highest BCUT2D eigenvalue weighted by Gasteiger charge is 2.08. The van der Waals surface area contributed by atoms with Crippen LogP contribution in [0.3, 0.4) is 0 Å². The number of ether oxygens (including phenoxy) is 2. The monoisotopic (exact) mass is 238 g/mol. The van der Waals surface area contributed by atoms with Crippen molar-refractivity contribution in [2.75, 3.05) is 6.61 Å². The summed E-state index contributed by atoms with van der Waals surface area (Å²) in [6, 6.07) is 5.29. The normalized spacial score (nSPS) is 9.47. The van der Waals surface area contributed by atoms with Crippen molar-refractivity contribution in [1.29, 1.82) is 0 Å². The molecule has 0 unspecified atom stereocenters. The summed E-state index contributed by atoms with van der Waals surface area (Å²) in [5, 5.41) is 8.64. The van der Waals surface area contributed by atoms with Gasteiger partial charge in [0.2, 0.25) is 0 Å². The van der Waals surface area contributed by atoms with Gasteiger partial charge < -0.3 is 14.6 Å². The molecule has 6 heteroatoms. The Morgan fingerprint density at radius 1 is 1.18 bits per heavy atom. The van der Waals surface area contributed by atoms with Crippen LogP contribution in [0.1, 0.15) is 17.3 Å². The van der Waals surface area contributed by atoms with E-state index in [1.165, 1.54) is 31.2 Å². The lowest BCUT2D eigenvalue weighted by Crippen LogP contribution is -2.17. The van der Waals surface area contributed by atoms with Gasteiger partial charge in [-0.25, -0.2) is 9.59 Å². The SMILES string of the molecule is CC(=O)OCC(=O)Oc1ccc(C(=O)O)cc1. The Morgan fingerprint density at radius 2 is 1.76 bits per heavy atom. The van der Waals surface area contributed by atoms with E-state index in [0.717, 1.165) is 0 Å². The average Bonchev–Trinajstić information content (AvgIpc) is 2.27. The van der Waals surface area contributed by atoms with Crippen LogP contribution in [0.25, 0.3) is 0 Å². The molecule has 1 N–H and O–H groups in total. The van der Waals surface area contributed by atoms with E-state index in [1.54, 1.807) is 0 Å². The van der Waals surface area contributed by atoms with Gasteiger partial charge >= 0.3 is 17.9 Å². The van der Waals surface area contributed by atoms with Gasteiger partial charge in [-0.1, -0.05) is 0 Å². The topological polar surface area (TPSA) is 89.9 Å². The Balaban J connectivity index is 2.54. The van der Waals surface area contributed by atoms with Gasteiger partial charge in [0, 0.05) is 6.92 Å². The molecule has 0 spiro atoms. The average molecular weight is 238 g/mol. The Bertz CT molecular complexity index is 434. The molecule has 1 rings (SSSR count). The summed E-state index contributed by atoms with van der Waals surface area (Å²) in [7, 11) is 0. The summed E-state index contributed by atoms with van der Waals surface area (Å²) in [4.78, 5) is 32.1. The van der Waals surface area contributed by atoms with E-state index in [1.807, 2.05) is 0 Å². The molecular weight excluding hydrogens is 228 g/mol. The number of hydrogen-bond acceptors (Lipinski definition) is 5. The van der Waals surface area contributed by atoms with Gasteiger partial charge in [-0.15, -0.1) is 0 Å². The van der Waals surface area contributed by atoms with E-state index in [9.17, 15) is 14.4 Å². The van der Waals surface area contributed by atoms with Crippen LogP contribution in [-0.4, -0.2) is 29.6 Å². The van der Waals surface area contributed by atoms with Gasteiger partial charge in [0.1, 0.15) is 5.75 Å². The fourth-order valence-corrected chi connectivity index (χ4v) is 0.987. The maximum atomic E-state index is 11.1. The van der Waals surface area contributed by atoms with Crippen molar-refractivity contribution in [3.63, 3.8) is 0 Å². The molecule has 0 heterocycles. The molecule has 1 aromatic rings. The fraction of sp³-hybridized carbons (Fsp3) is 0.182. The van der Waals surface area contributed by atoms with Crippen LogP contribution in [0.2, 0.25) is 0 Å². The molecule has 17 heavy (non-hydrogen) atoms. The van der Waals surface area contributed by atoms with Crippen LogP contribution < -0.4 is 4.74 Å². The van der Waals surface area contributed by atoms with Crippen LogP contribution in [-0.2, 0) is 14.3 Å². The molecule has 1 aromatic carbocycles. The third-order valence-corrected chi connectivity index (χ3v) is 1.73. The summed E-state index contributed by atoms with van der Waals surface area (Å²) in [6.45, 7) is 0.699. The van der Waals surface area contributed by atoms with Crippen LogP contribution in [0.4, 0.5) is 0 Å². The van der Waals surface area contributed by atoms with E-state index in [4.69, 9.17) is 9.84 Å². The van der Waals surface area contributed by atoms with Gasteiger partial charge in [-0.2, -0.15) is 0 Å². The number of carbonyl (C=O) groups is 3. The van der Waals surface area contributed by atoms with Gasteiger partial charge in [0.15, 0.2) is 6.61 Å². The first-order valence-corrected chi connectivity index (χ1v) is 4.66. The van der Waals surface area contributed by atoms with Crippen molar-refractivity contribution >= 4 is 17.9 Å². The van der Waals surface area contributed by atoms with E-state index in [0.29, 0.717) is 0 Å². The number of aromatic carboxylic acids is 1. The second kappa shape index (κ2) is 5.64. The number of hydrogen-bond donors (Lipinski definition) is 1. The van der Waals surface area contributed by atoms with E-state index in [-0.39, 0.29) is 11.3 Å². The first-order valence-electron chi connectivity index (χ1n) is 4.66. The predicted molar refractivity (Wildman–Crippen MR) is 55.7 cm³/mol. The number of esters is 2. The van der Waals surface area contributed by atoms with Gasteiger partial charge in [-0.05, 0) is 24.3 Å². The molecule has 6 nitrogen and oxygen atoms in total. The predicted octanol–water partition coefficient (Wildman–Crippen LogP) is 0.853. The zero-order chi connectivity index (χ0) is 12.8. The molecule has 0 aromatic heterocycles. The first-order chi connectivity index (χ1) is 7.99. The Morgan fingerprint density at radius 3 is 2.24 bits per heavy atom. The molecule has 0 atom stereocenters. The van der Waals surface area contributed by atoms with Crippen molar-refractivity contribution in [2.45, 2.75) is 6.92 Å². The van der Waals surface area contributed by atoms with Crippen molar-refractivity contribution in [3.8, 4) is 5.75 Å². The highest BCUT2D eigenvalue weighted by atomic mass is 16.6. The van der Waals surface area contributed by atoms with Gasteiger partial charge in [0.05, 0.1) is 5.56 Å². The molecule has 0 fully saturated rings. The quantitative estimate of drug-likeness (QED) is 0.617. The van der Waals surface area contributed by atoms with Crippen LogP contribution in [0.5, 0.6) is 5.75 Å². The number of benzene rings is 1. The summed E-state index contributed by atoms with van der Waals surface area (Å²) < 4.78 is 9.22. The summed E-state index contributed by atoms with van der Waals surface area (Å²) in [6.07, 6.45) is 0. The van der Waals surface area contributed by atoms with Crippen molar-refractivity contribution < 1.29 is 29.0 Å². The second-order valence-electron chi connectivity index (χ2n) is 3.08. The molecule has 90 valence electrons. The molecule has 0 aliphatic heterocycles. The van der Waals surface area contributed by atoms with E-state index >= 15 is 0 Å². The Hall–Kier alpha value is -2.37. The van der Waals surface area contributed by atoms with Crippen LogP contribution in [0, 0.1) is 0 Å². The highest BCUT2D eigenvalue weighted by molar-refractivity contribution is 5.87. The molecule has 0 amide bonds. The number of rotatable bonds is 4. The minimum atomic E-state index is -1.07. The number of carboxylic acid groups (broad SMARTS) is 1. The van der Waals surface area contributed by atoms with Crippen LogP contribution >= 0.6 is 0 Å². The third kappa shape index (κ3) is 4.33. The second-order valence-corrected chi connectivity index (χ2v) is 3.08. The zero-order valence-electron chi connectivity index (χ0n) is 9.00. The lowest BCUT2D eigenvalue weighted by atomic mass is 10.2. The van der Waals surface area contributed by atoms with Gasteiger partial charge in [-0.3, -0.25) is 4.79 Å². The molecule has 0 saturated heterocycles.